The van der Waals surface area contributed by atoms with Crippen LogP contribution < -0.4 is 0 Å². The van der Waals surface area contributed by atoms with Crippen molar-refractivity contribution in [1.82, 2.24) is 10.1 Å². The number of sulfone groups is 1. The van der Waals surface area contributed by atoms with Gasteiger partial charge in [0.1, 0.15) is 0 Å². The van der Waals surface area contributed by atoms with E-state index in [1.165, 1.54) is 0 Å². The van der Waals surface area contributed by atoms with Gasteiger partial charge in [0, 0.05) is 24.7 Å². The van der Waals surface area contributed by atoms with Gasteiger partial charge >= 0.3 is 0 Å². The zero-order valence-electron chi connectivity index (χ0n) is 15.8. The molecule has 0 spiro atoms. The van der Waals surface area contributed by atoms with E-state index in [-0.39, 0.29) is 22.8 Å². The number of likely N-dealkylation sites (tertiary alicyclic amines) is 1. The van der Waals surface area contributed by atoms with E-state index in [1.807, 2.05) is 29.2 Å². The van der Waals surface area contributed by atoms with E-state index in [2.05, 4.69) is 5.16 Å². The molecule has 0 unspecified atom stereocenters. The summed E-state index contributed by atoms with van der Waals surface area (Å²) >= 11 is 0. The van der Waals surface area contributed by atoms with Crippen LogP contribution in [0.3, 0.4) is 0 Å². The summed E-state index contributed by atoms with van der Waals surface area (Å²) in [6, 6.07) is 9.50. The van der Waals surface area contributed by atoms with E-state index in [0.717, 1.165) is 24.0 Å². The van der Waals surface area contributed by atoms with E-state index in [4.69, 9.17) is 4.52 Å². The van der Waals surface area contributed by atoms with Crippen molar-refractivity contribution in [2.75, 3.05) is 18.8 Å². The minimum absolute atomic E-state index is 0.0904. The Morgan fingerprint density at radius 3 is 2.41 bits per heavy atom. The summed E-state index contributed by atoms with van der Waals surface area (Å²) in [5.41, 5.74) is 1.88. The first-order chi connectivity index (χ1) is 12.8. The maximum absolute atomic E-state index is 12.6. The van der Waals surface area contributed by atoms with E-state index in [9.17, 15) is 13.2 Å². The first-order valence-corrected chi connectivity index (χ1v) is 11.1. The Bertz CT molecular complexity index is 850. The topological polar surface area (TPSA) is 80.5 Å². The van der Waals surface area contributed by atoms with Gasteiger partial charge in [-0.25, -0.2) is 8.42 Å². The second-order valence-electron chi connectivity index (χ2n) is 7.45. The van der Waals surface area contributed by atoms with Crippen LogP contribution in [-0.2, 0) is 21.1 Å². The van der Waals surface area contributed by atoms with Gasteiger partial charge in [0.25, 0.3) is 0 Å². The Balaban J connectivity index is 1.51. The molecule has 0 atom stereocenters. The van der Waals surface area contributed by atoms with Gasteiger partial charge < -0.3 is 9.42 Å². The molecule has 0 bridgehead atoms. The maximum Gasteiger partial charge on any atom is 0.226 e. The first kappa shape index (κ1) is 19.6. The van der Waals surface area contributed by atoms with Gasteiger partial charge in [0.2, 0.25) is 5.91 Å². The number of carbonyl (C=O) groups is 1. The number of hydrogen-bond donors (Lipinski definition) is 0. The molecule has 3 rings (SSSR count). The normalized spacial score (nSPS) is 16.0. The van der Waals surface area contributed by atoms with E-state index in [0.29, 0.717) is 25.3 Å². The second kappa shape index (κ2) is 8.25. The lowest BCUT2D eigenvalue weighted by Gasteiger charge is -2.32. The monoisotopic (exact) mass is 390 g/mol. The van der Waals surface area contributed by atoms with Crippen LogP contribution in [0.1, 0.15) is 32.3 Å². The average molecular weight is 391 g/mol. The van der Waals surface area contributed by atoms with Crippen molar-refractivity contribution < 1.29 is 17.7 Å². The van der Waals surface area contributed by atoms with E-state index in [1.54, 1.807) is 26.1 Å². The number of benzene rings is 1. The second-order valence-corrected chi connectivity index (χ2v) is 10.1. The van der Waals surface area contributed by atoms with Crippen LogP contribution in [0, 0.1) is 5.92 Å². The Labute approximate surface area is 160 Å². The highest BCUT2D eigenvalue weighted by Crippen LogP contribution is 2.22. The highest BCUT2D eigenvalue weighted by molar-refractivity contribution is 7.91. The van der Waals surface area contributed by atoms with Gasteiger partial charge in [0.05, 0.1) is 23.6 Å². The van der Waals surface area contributed by atoms with Gasteiger partial charge in [-0.15, -0.1) is 0 Å². The predicted octanol–water partition coefficient (Wildman–Crippen LogP) is 2.95. The molecule has 2 aromatic rings. The maximum atomic E-state index is 12.6. The van der Waals surface area contributed by atoms with Crippen molar-refractivity contribution >= 4 is 15.7 Å². The van der Waals surface area contributed by atoms with Crippen molar-refractivity contribution in [1.29, 1.82) is 0 Å². The fourth-order valence-electron chi connectivity index (χ4n) is 3.31. The van der Waals surface area contributed by atoms with E-state index < -0.39 is 9.84 Å². The third-order valence-corrected chi connectivity index (χ3v) is 7.56. The average Bonchev–Trinajstić information content (AvgIpc) is 3.17. The first-order valence-electron chi connectivity index (χ1n) is 9.34. The van der Waals surface area contributed by atoms with Crippen molar-refractivity contribution in [2.24, 2.45) is 5.92 Å². The molecule has 0 saturated carbocycles. The molecular formula is C20H26N2O4S. The molecule has 7 heteroatoms. The smallest absolute Gasteiger partial charge is 0.226 e. The van der Waals surface area contributed by atoms with Crippen molar-refractivity contribution in [3.05, 3.63) is 42.1 Å². The van der Waals surface area contributed by atoms with Crippen molar-refractivity contribution in [3.8, 4) is 11.3 Å². The summed E-state index contributed by atoms with van der Waals surface area (Å²) in [7, 11) is -3.02. The van der Waals surface area contributed by atoms with Crippen LogP contribution in [-0.4, -0.2) is 48.5 Å². The molecule has 6 nitrogen and oxygen atoms in total. The number of carbonyl (C=O) groups excluding carboxylic acids is 1. The Hall–Kier alpha value is -2.15. The lowest BCUT2D eigenvalue weighted by molar-refractivity contribution is -0.131. The van der Waals surface area contributed by atoms with Crippen LogP contribution in [0.25, 0.3) is 11.3 Å². The van der Waals surface area contributed by atoms with Gasteiger partial charge in [-0.3, -0.25) is 4.79 Å². The summed E-state index contributed by atoms with van der Waals surface area (Å²) in [6.45, 7) is 4.71. The fourth-order valence-corrected chi connectivity index (χ4v) is 4.68. The van der Waals surface area contributed by atoms with Crippen molar-refractivity contribution in [2.45, 2.75) is 38.4 Å². The largest absolute Gasteiger partial charge is 0.356 e. The number of aromatic nitrogens is 1. The van der Waals surface area contributed by atoms with E-state index >= 15 is 0 Å². The number of piperidine rings is 1. The lowest BCUT2D eigenvalue weighted by atomic mass is 9.98. The molecule has 1 amide bonds. The zero-order chi connectivity index (χ0) is 19.4. The molecule has 1 aromatic carbocycles. The number of hydrogen-bond acceptors (Lipinski definition) is 5. The molecule has 0 N–H and O–H groups in total. The Morgan fingerprint density at radius 2 is 1.85 bits per heavy atom. The number of amides is 1. The van der Waals surface area contributed by atoms with Gasteiger partial charge in [-0.2, -0.15) is 0 Å². The Kier molecular flexibility index (Phi) is 5.99. The molecule has 1 saturated heterocycles. The third kappa shape index (κ3) is 4.97. The molecule has 0 aliphatic carbocycles. The summed E-state index contributed by atoms with van der Waals surface area (Å²) in [4.78, 5) is 14.4. The van der Waals surface area contributed by atoms with Gasteiger partial charge in [0.15, 0.2) is 15.6 Å². The Morgan fingerprint density at radius 1 is 1.19 bits per heavy atom. The molecule has 146 valence electrons. The van der Waals surface area contributed by atoms with Crippen LogP contribution in [0.5, 0.6) is 0 Å². The summed E-state index contributed by atoms with van der Waals surface area (Å²) < 4.78 is 29.3. The highest BCUT2D eigenvalue weighted by Gasteiger charge is 2.27. The third-order valence-electron chi connectivity index (χ3n) is 5.19. The molecule has 2 heterocycles. The minimum Gasteiger partial charge on any atom is -0.356 e. The molecule has 1 aliphatic rings. The summed E-state index contributed by atoms with van der Waals surface area (Å²) in [5, 5.41) is 3.36. The molecule has 27 heavy (non-hydrogen) atoms. The fraction of sp³-hybridized carbons (Fsp3) is 0.500. The van der Waals surface area contributed by atoms with Crippen molar-refractivity contribution in [3.63, 3.8) is 0 Å². The van der Waals surface area contributed by atoms with Crippen LogP contribution in [0.4, 0.5) is 0 Å². The lowest BCUT2D eigenvalue weighted by Crippen LogP contribution is -2.41. The molecule has 0 radical (unpaired) electrons. The molecule has 1 aromatic heterocycles. The standard InChI is InChI=1S/C20H26N2O4S/c1-15(2)27(24,25)14-17-8-11-22(12-9-17)20(23)13-16-3-5-18(6-4-16)19-7-10-21-26-19/h3-7,10,15,17H,8-9,11-14H2,1-2H3. The SMILES string of the molecule is CC(C)S(=O)(=O)CC1CCN(C(=O)Cc2ccc(-c3ccno3)cc2)CC1. The van der Waals surface area contributed by atoms with Gasteiger partial charge in [-0.05, 0) is 38.2 Å². The molecule has 1 aliphatic heterocycles. The quantitative estimate of drug-likeness (QED) is 0.757. The highest BCUT2D eigenvalue weighted by atomic mass is 32.2. The number of nitrogens with zero attached hydrogens (tertiary/aromatic N) is 2. The summed E-state index contributed by atoms with van der Waals surface area (Å²) in [6.07, 6.45) is 3.46. The zero-order valence-corrected chi connectivity index (χ0v) is 16.6. The predicted molar refractivity (Wildman–Crippen MR) is 104 cm³/mol. The molecular weight excluding hydrogens is 364 g/mol. The van der Waals surface area contributed by atoms with Crippen LogP contribution in [0.2, 0.25) is 0 Å². The minimum atomic E-state index is -3.02. The van der Waals surface area contributed by atoms with Crippen LogP contribution >= 0.6 is 0 Å². The van der Waals surface area contributed by atoms with Crippen LogP contribution in [0.15, 0.2) is 41.1 Å². The summed E-state index contributed by atoms with van der Waals surface area (Å²) in [5.74, 6) is 1.18. The van der Waals surface area contributed by atoms with Gasteiger partial charge in [-0.1, -0.05) is 29.4 Å². The molecule has 1 fully saturated rings. The number of rotatable bonds is 6.